The van der Waals surface area contributed by atoms with Gasteiger partial charge in [0.2, 0.25) is 5.91 Å². The maximum absolute atomic E-state index is 12.5. The minimum atomic E-state index is -0.0691. The highest BCUT2D eigenvalue weighted by Crippen LogP contribution is 2.43. The van der Waals surface area contributed by atoms with E-state index in [0.717, 1.165) is 16.6 Å². The van der Waals surface area contributed by atoms with Crippen molar-refractivity contribution in [3.63, 3.8) is 0 Å². The van der Waals surface area contributed by atoms with Crippen LogP contribution in [0, 0.1) is 0 Å². The molecule has 1 fully saturated rings. The quantitative estimate of drug-likeness (QED) is 0.795. The third-order valence-corrected chi connectivity index (χ3v) is 5.32. The van der Waals surface area contributed by atoms with Crippen LogP contribution in [0.4, 0.5) is 11.5 Å². The lowest BCUT2D eigenvalue weighted by Crippen LogP contribution is -2.28. The minimum Gasteiger partial charge on any atom is -0.378 e. The molecule has 3 heterocycles. The first-order chi connectivity index (χ1) is 11.6. The molecular formula is C17H17N5OS. The highest BCUT2D eigenvalue weighted by atomic mass is 32.2. The van der Waals surface area contributed by atoms with Gasteiger partial charge in [-0.25, -0.2) is 4.98 Å². The number of rotatable bonds is 3. The van der Waals surface area contributed by atoms with Gasteiger partial charge in [0, 0.05) is 26.0 Å². The van der Waals surface area contributed by atoms with Crippen molar-refractivity contribution in [3.05, 3.63) is 48.2 Å². The number of hydrogen-bond acceptors (Lipinski definition) is 5. The Hall–Kier alpha value is -2.54. The van der Waals surface area contributed by atoms with Crippen molar-refractivity contribution in [1.82, 2.24) is 15.2 Å². The number of benzene rings is 1. The van der Waals surface area contributed by atoms with Crippen LogP contribution < -0.4 is 9.80 Å². The van der Waals surface area contributed by atoms with E-state index in [9.17, 15) is 4.79 Å². The second kappa shape index (κ2) is 5.83. The van der Waals surface area contributed by atoms with E-state index in [2.05, 4.69) is 44.3 Å². The Morgan fingerprint density at radius 2 is 2.04 bits per heavy atom. The van der Waals surface area contributed by atoms with Crippen molar-refractivity contribution in [2.75, 3.05) is 29.6 Å². The molecule has 7 heteroatoms. The third kappa shape index (κ3) is 2.41. The molecule has 1 N–H and O–H groups in total. The van der Waals surface area contributed by atoms with Crippen LogP contribution in [0.1, 0.15) is 10.9 Å². The second-order valence-electron chi connectivity index (χ2n) is 5.86. The molecule has 3 aromatic rings. The van der Waals surface area contributed by atoms with Crippen LogP contribution in [0.5, 0.6) is 0 Å². The molecule has 0 bridgehead atoms. The first-order valence-corrected chi connectivity index (χ1v) is 8.70. The summed E-state index contributed by atoms with van der Waals surface area (Å²) in [6.45, 7) is 0. The molecule has 2 aromatic heterocycles. The number of pyridine rings is 1. The number of carbonyl (C=O) groups is 1. The molecule has 1 saturated heterocycles. The lowest BCUT2D eigenvalue weighted by Gasteiger charge is -2.23. The van der Waals surface area contributed by atoms with E-state index < -0.39 is 0 Å². The van der Waals surface area contributed by atoms with Gasteiger partial charge in [0.05, 0.1) is 11.1 Å². The zero-order chi connectivity index (χ0) is 16.7. The fourth-order valence-electron chi connectivity index (χ4n) is 2.86. The lowest BCUT2D eigenvalue weighted by molar-refractivity contribution is -0.115. The molecule has 4 rings (SSSR count). The van der Waals surface area contributed by atoms with Crippen LogP contribution >= 0.6 is 11.8 Å². The van der Waals surface area contributed by atoms with Crippen molar-refractivity contribution in [2.45, 2.75) is 5.37 Å². The van der Waals surface area contributed by atoms with Gasteiger partial charge in [-0.05, 0) is 29.8 Å². The monoisotopic (exact) mass is 339 g/mol. The Morgan fingerprint density at radius 3 is 2.79 bits per heavy atom. The van der Waals surface area contributed by atoms with Gasteiger partial charge in [-0.3, -0.25) is 14.8 Å². The van der Waals surface area contributed by atoms with Crippen molar-refractivity contribution < 1.29 is 4.79 Å². The molecule has 1 amide bonds. The molecule has 1 aliphatic heterocycles. The molecule has 24 heavy (non-hydrogen) atoms. The number of hydrogen-bond donors (Lipinski definition) is 1. The van der Waals surface area contributed by atoms with Crippen molar-refractivity contribution in [1.29, 1.82) is 0 Å². The summed E-state index contributed by atoms with van der Waals surface area (Å²) in [4.78, 5) is 20.6. The Bertz CT molecular complexity index is 889. The average molecular weight is 339 g/mol. The number of thioether (sulfide) groups is 1. The summed E-state index contributed by atoms with van der Waals surface area (Å²) in [6, 6.07) is 12.1. The van der Waals surface area contributed by atoms with Crippen LogP contribution in [0.3, 0.4) is 0 Å². The Labute approximate surface area is 143 Å². The second-order valence-corrected chi connectivity index (χ2v) is 6.93. The summed E-state index contributed by atoms with van der Waals surface area (Å²) in [7, 11) is 4.02. The molecule has 0 radical (unpaired) electrons. The molecule has 1 aromatic carbocycles. The molecule has 122 valence electrons. The maximum Gasteiger partial charge on any atom is 0.239 e. The van der Waals surface area contributed by atoms with Gasteiger partial charge in [-0.1, -0.05) is 12.1 Å². The number of carbonyl (C=O) groups excluding carboxylic acids is 1. The van der Waals surface area contributed by atoms with Gasteiger partial charge in [0.25, 0.3) is 0 Å². The number of fused-ring (bicyclic) bond motifs is 1. The molecular weight excluding hydrogens is 322 g/mol. The molecule has 1 atom stereocenters. The predicted molar refractivity (Wildman–Crippen MR) is 97.3 cm³/mol. The normalized spacial score (nSPS) is 17.7. The molecule has 0 unspecified atom stereocenters. The first-order valence-electron chi connectivity index (χ1n) is 7.65. The highest BCUT2D eigenvalue weighted by Gasteiger charge is 2.36. The molecule has 6 nitrogen and oxygen atoms in total. The van der Waals surface area contributed by atoms with E-state index in [-0.39, 0.29) is 11.3 Å². The van der Waals surface area contributed by atoms with E-state index in [1.54, 1.807) is 22.9 Å². The standard InChI is InChI=1S/C17H17N5OS/c1-21(2)12-7-5-11(6-8-12)17-22(14(23)10-24-17)16-13-4-3-9-18-15(13)19-20-16/h3-9,17H,10H2,1-2H3,(H,18,19,20)/t17-/m0/s1. The van der Waals surface area contributed by atoms with Gasteiger partial charge in [0.15, 0.2) is 11.5 Å². The smallest absolute Gasteiger partial charge is 0.239 e. The summed E-state index contributed by atoms with van der Waals surface area (Å²) in [5.74, 6) is 1.17. The molecule has 0 saturated carbocycles. The van der Waals surface area contributed by atoms with Gasteiger partial charge in [-0.2, -0.15) is 5.10 Å². The highest BCUT2D eigenvalue weighted by molar-refractivity contribution is 8.00. The van der Waals surface area contributed by atoms with Crippen LogP contribution in [0.2, 0.25) is 0 Å². The average Bonchev–Trinajstić information content (AvgIpc) is 3.18. The fourth-order valence-corrected chi connectivity index (χ4v) is 4.02. The fraction of sp³-hybridized carbons (Fsp3) is 0.235. The molecule has 0 aliphatic carbocycles. The summed E-state index contributed by atoms with van der Waals surface area (Å²) in [5, 5.41) is 8.05. The Kier molecular flexibility index (Phi) is 3.65. The third-order valence-electron chi connectivity index (χ3n) is 4.11. The number of nitrogens with zero attached hydrogens (tertiary/aromatic N) is 4. The summed E-state index contributed by atoms with van der Waals surface area (Å²) in [6.07, 6.45) is 1.71. The van der Waals surface area contributed by atoms with E-state index in [4.69, 9.17) is 0 Å². The topological polar surface area (TPSA) is 65.1 Å². The summed E-state index contributed by atoms with van der Waals surface area (Å²) in [5.41, 5.74) is 2.92. The van der Waals surface area contributed by atoms with Crippen molar-refractivity contribution >= 4 is 40.2 Å². The van der Waals surface area contributed by atoms with Gasteiger partial charge in [-0.15, -0.1) is 11.8 Å². The van der Waals surface area contributed by atoms with Crippen LogP contribution in [-0.2, 0) is 4.79 Å². The van der Waals surface area contributed by atoms with Gasteiger partial charge < -0.3 is 4.90 Å². The maximum atomic E-state index is 12.5. The zero-order valence-electron chi connectivity index (χ0n) is 13.4. The van der Waals surface area contributed by atoms with Gasteiger partial charge >= 0.3 is 0 Å². The Balaban J connectivity index is 1.74. The van der Waals surface area contributed by atoms with E-state index in [1.807, 2.05) is 26.2 Å². The number of aromatic amines is 1. The van der Waals surface area contributed by atoms with Crippen LogP contribution in [0.15, 0.2) is 42.6 Å². The van der Waals surface area contributed by atoms with Crippen molar-refractivity contribution in [3.8, 4) is 0 Å². The lowest BCUT2D eigenvalue weighted by atomic mass is 10.1. The largest absolute Gasteiger partial charge is 0.378 e. The van der Waals surface area contributed by atoms with E-state index in [1.165, 1.54) is 0 Å². The Morgan fingerprint density at radius 1 is 1.25 bits per heavy atom. The summed E-state index contributed by atoms with van der Waals surface area (Å²) < 4.78 is 0. The first kappa shape index (κ1) is 15.0. The molecule has 1 aliphatic rings. The SMILES string of the molecule is CN(C)c1ccc([C@@H]2SCC(=O)N2c2n[nH]c3ncccc23)cc1. The number of amides is 1. The van der Waals surface area contributed by atoms with E-state index >= 15 is 0 Å². The number of nitrogens with one attached hydrogen (secondary N) is 1. The molecule has 0 spiro atoms. The number of H-pyrrole nitrogens is 1. The number of anilines is 2. The zero-order valence-corrected chi connectivity index (χ0v) is 14.2. The minimum absolute atomic E-state index is 0.0685. The van der Waals surface area contributed by atoms with E-state index in [0.29, 0.717) is 17.2 Å². The van der Waals surface area contributed by atoms with Crippen molar-refractivity contribution in [2.24, 2.45) is 0 Å². The van der Waals surface area contributed by atoms with Crippen LogP contribution in [0.25, 0.3) is 11.0 Å². The van der Waals surface area contributed by atoms with Gasteiger partial charge in [0.1, 0.15) is 5.37 Å². The predicted octanol–water partition coefficient (Wildman–Crippen LogP) is 2.80. The van der Waals surface area contributed by atoms with Crippen LogP contribution in [-0.4, -0.2) is 40.9 Å². The number of aromatic nitrogens is 3. The summed E-state index contributed by atoms with van der Waals surface area (Å²) >= 11 is 1.62.